The van der Waals surface area contributed by atoms with E-state index in [-0.39, 0.29) is 0 Å². The van der Waals surface area contributed by atoms with Crippen LogP contribution in [-0.2, 0) is 17.8 Å². The molecule has 0 fully saturated rings. The lowest BCUT2D eigenvalue weighted by Crippen LogP contribution is -2.14. The number of carbonyl (C=O) groups excluding carboxylic acids is 1. The van der Waals surface area contributed by atoms with Crippen LogP contribution in [0.3, 0.4) is 0 Å². The number of carbonyl (C=O) groups is 1. The Kier molecular flexibility index (Phi) is 3.65. The Morgan fingerprint density at radius 3 is 3.14 bits per heavy atom. The molecule has 0 atom stereocenters. The molecule has 0 aromatic carbocycles. The third-order valence-electron chi connectivity index (χ3n) is 3.04. The molecule has 7 nitrogen and oxygen atoms in total. The molecule has 3 rings (SSSR count). The maximum Gasteiger partial charge on any atom is 0.341 e. The van der Waals surface area contributed by atoms with E-state index in [1.54, 1.807) is 6.07 Å². The number of aromatic nitrogens is 3. The summed E-state index contributed by atoms with van der Waals surface area (Å²) < 4.78 is 11.8. The lowest BCUT2D eigenvalue weighted by molar-refractivity contribution is 0.0600. The van der Waals surface area contributed by atoms with Crippen molar-refractivity contribution < 1.29 is 13.9 Å². The molecule has 0 radical (unpaired) electrons. The molecule has 0 aliphatic rings. The average Bonchev–Trinajstić information content (AvgIpc) is 3.14. The Bertz CT molecular complexity index is 762. The maximum atomic E-state index is 11.3. The van der Waals surface area contributed by atoms with Crippen LogP contribution in [0.2, 0.25) is 0 Å². The number of rotatable bonds is 5. The second-order valence-electron chi connectivity index (χ2n) is 4.44. The first-order chi connectivity index (χ1) is 10.3. The Hall–Kier alpha value is -2.67. The van der Waals surface area contributed by atoms with Gasteiger partial charge in [0.25, 0.3) is 0 Å². The molecule has 3 heterocycles. The molecule has 0 aliphatic carbocycles. The molecule has 0 bridgehead atoms. The van der Waals surface area contributed by atoms with E-state index >= 15 is 0 Å². The van der Waals surface area contributed by atoms with E-state index in [9.17, 15) is 4.79 Å². The molecule has 0 spiro atoms. The number of esters is 1. The second-order valence-corrected chi connectivity index (χ2v) is 4.44. The molecule has 3 aromatic rings. The molecular weight excluding hydrogens is 272 g/mol. The van der Waals surface area contributed by atoms with Crippen LogP contribution in [-0.4, -0.2) is 27.7 Å². The van der Waals surface area contributed by atoms with Gasteiger partial charge in [-0.05, 0) is 18.2 Å². The van der Waals surface area contributed by atoms with Gasteiger partial charge >= 0.3 is 5.97 Å². The van der Waals surface area contributed by atoms with E-state index in [0.717, 1.165) is 11.5 Å². The highest BCUT2D eigenvalue weighted by molar-refractivity contribution is 5.88. The van der Waals surface area contributed by atoms with E-state index in [0.29, 0.717) is 24.4 Å². The van der Waals surface area contributed by atoms with Gasteiger partial charge in [0.1, 0.15) is 12.0 Å². The summed E-state index contributed by atoms with van der Waals surface area (Å²) in [7, 11) is 1.34. The third-order valence-corrected chi connectivity index (χ3v) is 3.04. The van der Waals surface area contributed by atoms with Crippen molar-refractivity contribution in [3.8, 4) is 0 Å². The zero-order valence-electron chi connectivity index (χ0n) is 11.4. The van der Waals surface area contributed by atoms with Gasteiger partial charge in [-0.1, -0.05) is 6.07 Å². The van der Waals surface area contributed by atoms with Crippen molar-refractivity contribution in [3.63, 3.8) is 0 Å². The number of ether oxygens (including phenoxy) is 1. The van der Waals surface area contributed by atoms with E-state index < -0.39 is 5.97 Å². The van der Waals surface area contributed by atoms with Gasteiger partial charge in [-0.25, -0.2) is 4.79 Å². The number of nitrogens with zero attached hydrogens (tertiary/aromatic N) is 3. The van der Waals surface area contributed by atoms with Crippen molar-refractivity contribution in [1.29, 1.82) is 0 Å². The standard InChI is InChI=1S/C14H14N4O3/c1-20-14(19)10-6-11(21-9-10)7-15-8-13-17-16-12-4-2-3-5-18(12)13/h2-6,9,15H,7-8H2,1H3. The quantitative estimate of drug-likeness (QED) is 0.714. The highest BCUT2D eigenvalue weighted by Gasteiger charge is 2.10. The summed E-state index contributed by atoms with van der Waals surface area (Å²) in [5.41, 5.74) is 1.21. The topological polar surface area (TPSA) is 81.7 Å². The zero-order valence-corrected chi connectivity index (χ0v) is 11.4. The predicted molar refractivity (Wildman–Crippen MR) is 73.6 cm³/mol. The summed E-state index contributed by atoms with van der Waals surface area (Å²) in [6, 6.07) is 7.39. The Morgan fingerprint density at radius 1 is 1.38 bits per heavy atom. The van der Waals surface area contributed by atoms with Crippen LogP contribution in [0.1, 0.15) is 21.9 Å². The van der Waals surface area contributed by atoms with E-state index in [1.165, 1.54) is 13.4 Å². The van der Waals surface area contributed by atoms with Crippen molar-refractivity contribution >= 4 is 11.6 Å². The lowest BCUT2D eigenvalue weighted by atomic mass is 10.3. The molecule has 0 saturated carbocycles. The van der Waals surface area contributed by atoms with Crippen LogP contribution in [0, 0.1) is 0 Å². The van der Waals surface area contributed by atoms with Crippen molar-refractivity contribution in [1.82, 2.24) is 19.9 Å². The number of hydrogen-bond donors (Lipinski definition) is 1. The van der Waals surface area contributed by atoms with Crippen LogP contribution in [0.15, 0.2) is 41.1 Å². The monoisotopic (exact) mass is 286 g/mol. The smallest absolute Gasteiger partial charge is 0.341 e. The van der Waals surface area contributed by atoms with Crippen molar-refractivity contribution in [3.05, 3.63) is 53.9 Å². The molecule has 7 heteroatoms. The molecule has 21 heavy (non-hydrogen) atoms. The number of nitrogens with one attached hydrogen (secondary N) is 1. The summed E-state index contributed by atoms with van der Waals surface area (Å²) in [6.45, 7) is 1.03. The van der Waals surface area contributed by atoms with Crippen LogP contribution >= 0.6 is 0 Å². The Morgan fingerprint density at radius 2 is 2.29 bits per heavy atom. The van der Waals surface area contributed by atoms with Gasteiger partial charge < -0.3 is 14.5 Å². The van der Waals surface area contributed by atoms with Crippen LogP contribution in [0.4, 0.5) is 0 Å². The van der Waals surface area contributed by atoms with Crippen LogP contribution < -0.4 is 5.32 Å². The molecule has 0 unspecified atom stereocenters. The van der Waals surface area contributed by atoms with Crippen molar-refractivity contribution in [2.75, 3.05) is 7.11 Å². The average molecular weight is 286 g/mol. The Labute approximate surface area is 120 Å². The van der Waals surface area contributed by atoms with Gasteiger partial charge in [0.2, 0.25) is 0 Å². The Balaban J connectivity index is 1.61. The van der Waals surface area contributed by atoms with Gasteiger partial charge in [0.05, 0.1) is 25.8 Å². The first kappa shape index (κ1) is 13.3. The first-order valence-corrected chi connectivity index (χ1v) is 6.43. The van der Waals surface area contributed by atoms with Crippen molar-refractivity contribution in [2.45, 2.75) is 13.1 Å². The minimum Gasteiger partial charge on any atom is -0.467 e. The third kappa shape index (κ3) is 2.77. The van der Waals surface area contributed by atoms with E-state index in [1.807, 2.05) is 28.8 Å². The predicted octanol–water partition coefficient (Wildman–Crippen LogP) is 1.40. The number of pyridine rings is 1. The van der Waals surface area contributed by atoms with Gasteiger partial charge in [-0.2, -0.15) is 0 Å². The summed E-state index contributed by atoms with van der Waals surface area (Å²) in [5, 5.41) is 11.4. The fraction of sp³-hybridized carbons (Fsp3) is 0.214. The molecule has 108 valence electrons. The highest BCUT2D eigenvalue weighted by Crippen LogP contribution is 2.09. The molecule has 0 aliphatic heterocycles. The van der Waals surface area contributed by atoms with Crippen molar-refractivity contribution in [2.24, 2.45) is 0 Å². The van der Waals surface area contributed by atoms with Crippen LogP contribution in [0.5, 0.6) is 0 Å². The summed E-state index contributed by atoms with van der Waals surface area (Å²) in [5.74, 6) is 1.06. The summed E-state index contributed by atoms with van der Waals surface area (Å²) >= 11 is 0. The molecule has 3 aromatic heterocycles. The van der Waals surface area contributed by atoms with Gasteiger partial charge in [-0.3, -0.25) is 4.40 Å². The van der Waals surface area contributed by atoms with Gasteiger partial charge in [-0.15, -0.1) is 10.2 Å². The minimum atomic E-state index is -0.409. The van der Waals surface area contributed by atoms with E-state index in [4.69, 9.17) is 4.42 Å². The normalized spacial score (nSPS) is 10.9. The lowest BCUT2D eigenvalue weighted by Gasteiger charge is -2.01. The number of furan rings is 1. The van der Waals surface area contributed by atoms with E-state index in [2.05, 4.69) is 20.3 Å². The zero-order chi connectivity index (χ0) is 14.7. The number of methoxy groups -OCH3 is 1. The fourth-order valence-corrected chi connectivity index (χ4v) is 2.01. The largest absolute Gasteiger partial charge is 0.467 e. The minimum absolute atomic E-state index is 0.405. The number of fused-ring (bicyclic) bond motifs is 1. The molecule has 0 saturated heterocycles. The maximum absolute atomic E-state index is 11.3. The molecular formula is C14H14N4O3. The molecule has 1 N–H and O–H groups in total. The van der Waals surface area contributed by atoms with Gasteiger partial charge in [0, 0.05) is 6.20 Å². The number of hydrogen-bond acceptors (Lipinski definition) is 6. The van der Waals surface area contributed by atoms with Gasteiger partial charge in [0.15, 0.2) is 11.5 Å². The fourth-order valence-electron chi connectivity index (χ4n) is 2.01. The second kappa shape index (κ2) is 5.76. The summed E-state index contributed by atoms with van der Waals surface area (Å²) in [4.78, 5) is 11.3. The SMILES string of the molecule is COC(=O)c1coc(CNCc2nnc3ccccn23)c1. The summed E-state index contributed by atoms with van der Waals surface area (Å²) in [6.07, 6.45) is 3.30. The highest BCUT2D eigenvalue weighted by atomic mass is 16.5. The molecule has 0 amide bonds. The van der Waals surface area contributed by atoms with Crippen LogP contribution in [0.25, 0.3) is 5.65 Å². The first-order valence-electron chi connectivity index (χ1n) is 6.43.